The maximum Gasteiger partial charge on any atom is 0.276 e. The van der Waals surface area contributed by atoms with Crippen LogP contribution in [0.2, 0.25) is 0 Å². The molecule has 0 radical (unpaired) electrons. The van der Waals surface area contributed by atoms with Gasteiger partial charge in [0.2, 0.25) is 0 Å². The van der Waals surface area contributed by atoms with E-state index in [2.05, 4.69) is 23.4 Å². The standard InChI is InChI=1S/C21H20N4OS2/c1-12-7-8-13-17(11-12)28-21(23-19(26)15-9-10-25(2)24-15)18(13)20-22-14-5-3-4-6-16(14)27-20/h3-6,9-10,12H,7-8,11H2,1-2H3,(H,23,26)/t12-/m1/s1. The number of rotatable bonds is 3. The molecule has 4 aromatic rings. The summed E-state index contributed by atoms with van der Waals surface area (Å²) in [6.07, 6.45) is 5.06. The number of aromatic nitrogens is 3. The van der Waals surface area contributed by atoms with Gasteiger partial charge < -0.3 is 5.32 Å². The molecule has 0 unspecified atom stereocenters. The second kappa shape index (κ2) is 6.83. The number of hydrogen-bond acceptors (Lipinski definition) is 5. The summed E-state index contributed by atoms with van der Waals surface area (Å²) in [7, 11) is 1.81. The lowest BCUT2D eigenvalue weighted by Gasteiger charge is -2.18. The largest absolute Gasteiger partial charge is 0.312 e. The summed E-state index contributed by atoms with van der Waals surface area (Å²) in [5, 5.41) is 9.25. The first-order valence-electron chi connectivity index (χ1n) is 9.40. The van der Waals surface area contributed by atoms with Crippen LogP contribution in [0.5, 0.6) is 0 Å². The summed E-state index contributed by atoms with van der Waals surface area (Å²) in [6.45, 7) is 2.30. The molecule has 1 amide bonds. The van der Waals surface area contributed by atoms with E-state index in [4.69, 9.17) is 4.98 Å². The molecule has 0 bridgehead atoms. The highest BCUT2D eigenvalue weighted by atomic mass is 32.1. The average molecular weight is 409 g/mol. The third kappa shape index (κ3) is 3.04. The number of benzene rings is 1. The molecule has 1 N–H and O–H groups in total. The number of fused-ring (bicyclic) bond motifs is 2. The highest BCUT2D eigenvalue weighted by Crippen LogP contribution is 2.47. The number of thiazole rings is 1. The topological polar surface area (TPSA) is 59.8 Å². The van der Waals surface area contributed by atoms with Gasteiger partial charge in [0, 0.05) is 23.7 Å². The van der Waals surface area contributed by atoms with Crippen molar-refractivity contribution in [2.45, 2.75) is 26.2 Å². The van der Waals surface area contributed by atoms with Crippen molar-refractivity contribution >= 4 is 43.8 Å². The molecule has 0 spiro atoms. The van der Waals surface area contributed by atoms with Crippen LogP contribution in [-0.4, -0.2) is 20.7 Å². The van der Waals surface area contributed by atoms with E-state index in [0.29, 0.717) is 11.6 Å². The van der Waals surface area contributed by atoms with Crippen LogP contribution in [0.3, 0.4) is 0 Å². The van der Waals surface area contributed by atoms with Crippen LogP contribution in [0.25, 0.3) is 20.8 Å². The molecule has 1 atom stereocenters. The number of anilines is 1. The van der Waals surface area contributed by atoms with Gasteiger partial charge in [-0.3, -0.25) is 9.48 Å². The van der Waals surface area contributed by atoms with E-state index in [1.165, 1.54) is 21.6 Å². The molecule has 142 valence electrons. The van der Waals surface area contributed by atoms with Gasteiger partial charge in [-0.2, -0.15) is 5.10 Å². The zero-order chi connectivity index (χ0) is 19.3. The molecule has 5 rings (SSSR count). The van der Waals surface area contributed by atoms with Crippen molar-refractivity contribution in [1.82, 2.24) is 14.8 Å². The second-order valence-electron chi connectivity index (χ2n) is 7.37. The van der Waals surface area contributed by atoms with Crippen LogP contribution in [0, 0.1) is 5.92 Å². The Kier molecular flexibility index (Phi) is 4.29. The van der Waals surface area contributed by atoms with E-state index in [9.17, 15) is 4.79 Å². The van der Waals surface area contributed by atoms with E-state index in [-0.39, 0.29) is 5.91 Å². The first-order chi connectivity index (χ1) is 13.6. The number of nitrogens with one attached hydrogen (secondary N) is 1. The van der Waals surface area contributed by atoms with Gasteiger partial charge in [0.25, 0.3) is 5.91 Å². The van der Waals surface area contributed by atoms with Gasteiger partial charge in [-0.15, -0.1) is 22.7 Å². The minimum Gasteiger partial charge on any atom is -0.312 e. The smallest absolute Gasteiger partial charge is 0.276 e. The molecule has 1 aromatic carbocycles. The summed E-state index contributed by atoms with van der Waals surface area (Å²) in [6, 6.07) is 9.94. The number of carbonyl (C=O) groups excluding carboxylic acids is 1. The van der Waals surface area contributed by atoms with E-state index < -0.39 is 0 Å². The number of nitrogens with zero attached hydrogens (tertiary/aromatic N) is 3. The Hall–Kier alpha value is -2.51. The highest BCUT2D eigenvalue weighted by molar-refractivity contribution is 7.23. The minimum atomic E-state index is -0.172. The number of thiophene rings is 1. The molecule has 0 saturated carbocycles. The molecule has 0 aliphatic heterocycles. The fourth-order valence-electron chi connectivity index (χ4n) is 3.75. The lowest BCUT2D eigenvalue weighted by Crippen LogP contribution is -2.13. The van der Waals surface area contributed by atoms with Gasteiger partial charge in [0.05, 0.1) is 10.2 Å². The van der Waals surface area contributed by atoms with E-state index >= 15 is 0 Å². The van der Waals surface area contributed by atoms with Crippen molar-refractivity contribution in [2.75, 3.05) is 5.32 Å². The van der Waals surface area contributed by atoms with E-state index in [1.807, 2.05) is 25.2 Å². The van der Waals surface area contributed by atoms with Gasteiger partial charge in [0.15, 0.2) is 5.69 Å². The molecule has 3 aromatic heterocycles. The van der Waals surface area contributed by atoms with E-state index in [1.54, 1.807) is 39.6 Å². The Morgan fingerprint density at radius 2 is 2.11 bits per heavy atom. The Labute approximate surface area is 171 Å². The maximum absolute atomic E-state index is 12.8. The van der Waals surface area contributed by atoms with E-state index in [0.717, 1.165) is 33.9 Å². The summed E-state index contributed by atoms with van der Waals surface area (Å²) in [4.78, 5) is 19.0. The Balaban J connectivity index is 1.60. The van der Waals surface area contributed by atoms with Crippen molar-refractivity contribution in [3.63, 3.8) is 0 Å². The predicted octanol–water partition coefficient (Wildman–Crippen LogP) is 5.14. The van der Waals surface area contributed by atoms with Crippen LogP contribution in [-0.2, 0) is 19.9 Å². The molecule has 5 nitrogen and oxygen atoms in total. The Bertz CT molecular complexity index is 1150. The van der Waals surface area contributed by atoms with Crippen LogP contribution in [0.1, 0.15) is 34.3 Å². The van der Waals surface area contributed by atoms with Crippen molar-refractivity contribution in [2.24, 2.45) is 13.0 Å². The van der Waals surface area contributed by atoms with Crippen molar-refractivity contribution < 1.29 is 4.79 Å². The first-order valence-corrected chi connectivity index (χ1v) is 11.0. The fourth-order valence-corrected chi connectivity index (χ4v) is 6.26. The highest BCUT2D eigenvalue weighted by Gasteiger charge is 2.27. The summed E-state index contributed by atoms with van der Waals surface area (Å²) in [5.41, 5.74) is 3.90. The number of para-hydroxylation sites is 1. The predicted molar refractivity (Wildman–Crippen MR) is 115 cm³/mol. The zero-order valence-corrected chi connectivity index (χ0v) is 17.4. The number of carbonyl (C=O) groups is 1. The molecule has 28 heavy (non-hydrogen) atoms. The average Bonchev–Trinajstić information content (AvgIpc) is 3.36. The Morgan fingerprint density at radius 3 is 2.89 bits per heavy atom. The van der Waals surface area contributed by atoms with Gasteiger partial charge in [-0.25, -0.2) is 4.98 Å². The van der Waals surface area contributed by atoms with Gasteiger partial charge in [-0.05, 0) is 48.9 Å². The quantitative estimate of drug-likeness (QED) is 0.511. The third-order valence-corrected chi connectivity index (χ3v) is 7.42. The molecule has 7 heteroatoms. The molecular weight excluding hydrogens is 388 g/mol. The number of hydrogen-bond donors (Lipinski definition) is 1. The summed E-state index contributed by atoms with van der Waals surface area (Å²) < 4.78 is 2.81. The third-order valence-electron chi connectivity index (χ3n) is 5.19. The maximum atomic E-state index is 12.8. The summed E-state index contributed by atoms with van der Waals surface area (Å²) in [5.74, 6) is 0.503. The number of aryl methyl sites for hydroxylation is 1. The molecule has 1 aliphatic rings. The van der Waals surface area contributed by atoms with Gasteiger partial charge in [0.1, 0.15) is 10.0 Å². The fraction of sp³-hybridized carbons (Fsp3) is 0.286. The SMILES string of the molecule is C[C@@H]1CCc2c(sc(NC(=O)c3ccn(C)n3)c2-c2nc3ccccc3s2)C1. The summed E-state index contributed by atoms with van der Waals surface area (Å²) >= 11 is 3.39. The normalized spacial score (nSPS) is 16.3. The first kappa shape index (κ1) is 17.6. The molecule has 0 fully saturated rings. The Morgan fingerprint density at radius 1 is 1.25 bits per heavy atom. The van der Waals surface area contributed by atoms with Crippen molar-refractivity contribution in [3.8, 4) is 10.6 Å². The molecule has 0 saturated heterocycles. The number of amides is 1. The van der Waals surface area contributed by atoms with Crippen molar-refractivity contribution in [3.05, 3.63) is 52.7 Å². The van der Waals surface area contributed by atoms with Crippen LogP contribution in [0.4, 0.5) is 5.00 Å². The van der Waals surface area contributed by atoms with Gasteiger partial charge in [-0.1, -0.05) is 19.1 Å². The minimum absolute atomic E-state index is 0.172. The van der Waals surface area contributed by atoms with Crippen LogP contribution < -0.4 is 5.32 Å². The molecule has 1 aliphatic carbocycles. The molecular formula is C21H20N4OS2. The lowest BCUT2D eigenvalue weighted by molar-refractivity contribution is 0.102. The lowest BCUT2D eigenvalue weighted by atomic mass is 9.88. The second-order valence-corrected chi connectivity index (χ2v) is 9.51. The van der Waals surface area contributed by atoms with Crippen LogP contribution >= 0.6 is 22.7 Å². The molecule has 3 heterocycles. The monoisotopic (exact) mass is 408 g/mol. The zero-order valence-electron chi connectivity index (χ0n) is 15.7. The van der Waals surface area contributed by atoms with Gasteiger partial charge >= 0.3 is 0 Å². The van der Waals surface area contributed by atoms with Crippen LogP contribution in [0.15, 0.2) is 36.5 Å². The van der Waals surface area contributed by atoms with Crippen molar-refractivity contribution in [1.29, 1.82) is 0 Å².